The fourth-order valence-electron chi connectivity index (χ4n) is 2.01. The van der Waals surface area contributed by atoms with Gasteiger partial charge in [-0.1, -0.05) is 23.7 Å². The molecule has 1 amide bonds. The topological polar surface area (TPSA) is 57.6 Å². The van der Waals surface area contributed by atoms with Crippen molar-refractivity contribution in [3.63, 3.8) is 0 Å². The highest BCUT2D eigenvalue weighted by molar-refractivity contribution is 7.17. The minimum absolute atomic E-state index is 0.0466. The lowest BCUT2D eigenvalue weighted by molar-refractivity contribution is -0.137. The molecule has 2 aromatic rings. The van der Waals surface area contributed by atoms with Gasteiger partial charge < -0.3 is 10.0 Å². The Hall–Kier alpha value is -1.85. The number of aliphatic carboxylic acids is 1. The van der Waals surface area contributed by atoms with E-state index < -0.39 is 5.97 Å². The third-order valence-electron chi connectivity index (χ3n) is 3.21. The molecule has 0 fully saturated rings. The first kappa shape index (κ1) is 16.5. The minimum atomic E-state index is -0.903. The zero-order chi connectivity index (χ0) is 16.1. The smallest absolute Gasteiger partial charge is 0.305 e. The Bertz CT molecular complexity index is 666. The van der Waals surface area contributed by atoms with Gasteiger partial charge in [-0.25, -0.2) is 0 Å². The number of rotatable bonds is 6. The molecule has 4 nitrogen and oxygen atoms in total. The molecule has 6 heteroatoms. The Morgan fingerprint density at radius 3 is 2.45 bits per heavy atom. The van der Waals surface area contributed by atoms with Crippen LogP contribution in [0.2, 0.25) is 5.02 Å². The molecule has 1 N–H and O–H groups in total. The van der Waals surface area contributed by atoms with Crippen molar-refractivity contribution in [2.45, 2.75) is 13.3 Å². The van der Waals surface area contributed by atoms with E-state index in [0.717, 1.165) is 10.4 Å². The summed E-state index contributed by atoms with van der Waals surface area (Å²) in [5.41, 5.74) is 1.00. The number of carbonyl (C=O) groups excluding carboxylic acids is 1. The number of benzene rings is 1. The van der Waals surface area contributed by atoms with Gasteiger partial charge in [-0.2, -0.15) is 0 Å². The summed E-state index contributed by atoms with van der Waals surface area (Å²) >= 11 is 7.27. The Labute approximate surface area is 137 Å². The van der Waals surface area contributed by atoms with Gasteiger partial charge in [0.1, 0.15) is 0 Å². The van der Waals surface area contributed by atoms with E-state index in [-0.39, 0.29) is 18.9 Å². The highest BCUT2D eigenvalue weighted by atomic mass is 35.5. The maximum absolute atomic E-state index is 12.4. The second kappa shape index (κ2) is 7.42. The lowest BCUT2D eigenvalue weighted by atomic mass is 10.2. The number of nitrogens with zero attached hydrogens (tertiary/aromatic N) is 1. The van der Waals surface area contributed by atoms with Crippen LogP contribution in [0.5, 0.6) is 0 Å². The first-order valence-corrected chi connectivity index (χ1v) is 8.07. The third kappa shape index (κ3) is 4.08. The standard InChI is InChI=1S/C16H16ClNO3S/c1-2-18(10-9-15(19)20)16(21)14-8-7-13(22-14)11-3-5-12(17)6-4-11/h3-8H,2,9-10H2,1H3,(H,19,20). The Morgan fingerprint density at radius 2 is 1.86 bits per heavy atom. The number of halogens is 1. The van der Waals surface area contributed by atoms with Crippen LogP contribution in [0, 0.1) is 0 Å². The van der Waals surface area contributed by atoms with Crippen LogP contribution in [0.3, 0.4) is 0 Å². The number of hydrogen-bond acceptors (Lipinski definition) is 3. The predicted molar refractivity (Wildman–Crippen MR) is 88.6 cm³/mol. The highest BCUT2D eigenvalue weighted by Crippen LogP contribution is 2.29. The Kier molecular flexibility index (Phi) is 5.57. The lowest BCUT2D eigenvalue weighted by Crippen LogP contribution is -2.32. The molecule has 1 aromatic carbocycles. The number of carboxylic acid groups (broad SMARTS) is 1. The summed E-state index contributed by atoms with van der Waals surface area (Å²) in [6, 6.07) is 11.1. The van der Waals surface area contributed by atoms with E-state index in [4.69, 9.17) is 16.7 Å². The first-order chi connectivity index (χ1) is 10.5. The minimum Gasteiger partial charge on any atom is -0.481 e. The van der Waals surface area contributed by atoms with Crippen LogP contribution in [0.15, 0.2) is 36.4 Å². The van der Waals surface area contributed by atoms with E-state index in [0.29, 0.717) is 16.4 Å². The second-order valence-corrected chi connectivity index (χ2v) is 6.22. The SMILES string of the molecule is CCN(CCC(=O)O)C(=O)c1ccc(-c2ccc(Cl)cc2)s1. The van der Waals surface area contributed by atoms with Gasteiger partial charge in [0.25, 0.3) is 5.91 Å². The monoisotopic (exact) mass is 337 g/mol. The third-order valence-corrected chi connectivity index (χ3v) is 4.58. The van der Waals surface area contributed by atoms with Crippen LogP contribution in [0.4, 0.5) is 0 Å². The first-order valence-electron chi connectivity index (χ1n) is 6.88. The molecule has 0 aliphatic rings. The molecule has 0 atom stereocenters. The van der Waals surface area contributed by atoms with Gasteiger partial charge in [0.2, 0.25) is 0 Å². The van der Waals surface area contributed by atoms with Crippen molar-refractivity contribution >= 4 is 34.8 Å². The van der Waals surface area contributed by atoms with E-state index in [9.17, 15) is 9.59 Å². The fraction of sp³-hybridized carbons (Fsp3) is 0.250. The maximum Gasteiger partial charge on any atom is 0.305 e. The fourth-order valence-corrected chi connectivity index (χ4v) is 3.12. The molecule has 22 heavy (non-hydrogen) atoms. The van der Waals surface area contributed by atoms with Gasteiger partial charge in [0.05, 0.1) is 11.3 Å². The van der Waals surface area contributed by atoms with Crippen LogP contribution < -0.4 is 0 Å². The number of thiophene rings is 1. The molecular weight excluding hydrogens is 322 g/mol. The molecule has 1 aromatic heterocycles. The molecular formula is C16H16ClNO3S. The van der Waals surface area contributed by atoms with Crippen molar-refractivity contribution in [2.24, 2.45) is 0 Å². The lowest BCUT2D eigenvalue weighted by Gasteiger charge is -2.18. The summed E-state index contributed by atoms with van der Waals surface area (Å²) < 4.78 is 0. The zero-order valence-electron chi connectivity index (χ0n) is 12.1. The summed E-state index contributed by atoms with van der Waals surface area (Å²) in [4.78, 5) is 26.2. The summed E-state index contributed by atoms with van der Waals surface area (Å²) in [6.45, 7) is 2.55. The predicted octanol–water partition coefficient (Wildman–Crippen LogP) is 4.01. The van der Waals surface area contributed by atoms with Crippen LogP contribution >= 0.6 is 22.9 Å². The Morgan fingerprint density at radius 1 is 1.18 bits per heavy atom. The van der Waals surface area contributed by atoms with E-state index >= 15 is 0 Å². The van der Waals surface area contributed by atoms with Crippen molar-refractivity contribution in [2.75, 3.05) is 13.1 Å². The van der Waals surface area contributed by atoms with Gasteiger partial charge in [0, 0.05) is 23.0 Å². The summed E-state index contributed by atoms with van der Waals surface area (Å²) in [7, 11) is 0. The largest absolute Gasteiger partial charge is 0.481 e. The zero-order valence-corrected chi connectivity index (χ0v) is 13.7. The average Bonchev–Trinajstić information content (AvgIpc) is 2.98. The molecule has 0 aliphatic heterocycles. The van der Waals surface area contributed by atoms with Crippen LogP contribution in [0.25, 0.3) is 10.4 Å². The summed E-state index contributed by atoms with van der Waals surface area (Å²) in [5, 5.41) is 9.41. The molecule has 0 bridgehead atoms. The van der Waals surface area contributed by atoms with Crippen molar-refractivity contribution in [1.29, 1.82) is 0 Å². The van der Waals surface area contributed by atoms with Crippen LogP contribution in [-0.2, 0) is 4.79 Å². The summed E-state index contributed by atoms with van der Waals surface area (Å²) in [5.74, 6) is -1.03. The molecule has 0 saturated heterocycles. The normalized spacial score (nSPS) is 10.5. The van der Waals surface area contributed by atoms with Gasteiger partial charge in [-0.3, -0.25) is 9.59 Å². The van der Waals surface area contributed by atoms with Gasteiger partial charge in [-0.15, -0.1) is 11.3 Å². The second-order valence-electron chi connectivity index (χ2n) is 4.70. The number of carboxylic acids is 1. The molecule has 0 aliphatic carbocycles. The molecule has 0 spiro atoms. The van der Waals surface area contributed by atoms with E-state index in [1.165, 1.54) is 11.3 Å². The highest BCUT2D eigenvalue weighted by Gasteiger charge is 2.17. The Balaban J connectivity index is 2.14. The van der Waals surface area contributed by atoms with Crippen molar-refractivity contribution in [3.05, 3.63) is 46.3 Å². The average molecular weight is 338 g/mol. The number of amides is 1. The van der Waals surface area contributed by atoms with Gasteiger partial charge >= 0.3 is 5.97 Å². The van der Waals surface area contributed by atoms with Crippen molar-refractivity contribution in [1.82, 2.24) is 4.90 Å². The molecule has 1 heterocycles. The van der Waals surface area contributed by atoms with E-state index in [1.54, 1.807) is 11.0 Å². The van der Waals surface area contributed by atoms with Gasteiger partial charge in [-0.05, 0) is 36.8 Å². The molecule has 2 rings (SSSR count). The van der Waals surface area contributed by atoms with Crippen LogP contribution in [-0.4, -0.2) is 35.0 Å². The number of hydrogen-bond donors (Lipinski definition) is 1. The van der Waals surface area contributed by atoms with Gasteiger partial charge in [0.15, 0.2) is 0 Å². The quantitative estimate of drug-likeness (QED) is 0.866. The van der Waals surface area contributed by atoms with Crippen molar-refractivity contribution in [3.8, 4) is 10.4 Å². The van der Waals surface area contributed by atoms with E-state index in [1.807, 2.05) is 37.3 Å². The molecule has 0 unspecified atom stereocenters. The molecule has 0 saturated carbocycles. The number of carbonyl (C=O) groups is 2. The molecule has 0 radical (unpaired) electrons. The van der Waals surface area contributed by atoms with Crippen LogP contribution in [0.1, 0.15) is 23.0 Å². The van der Waals surface area contributed by atoms with Crippen molar-refractivity contribution < 1.29 is 14.7 Å². The molecule has 116 valence electrons. The maximum atomic E-state index is 12.4. The van der Waals surface area contributed by atoms with E-state index in [2.05, 4.69) is 0 Å². The summed E-state index contributed by atoms with van der Waals surface area (Å²) in [6.07, 6.45) is -0.0466.